The van der Waals surface area contributed by atoms with Gasteiger partial charge in [0.2, 0.25) is 0 Å². The second-order valence-corrected chi connectivity index (χ2v) is 2.90. The number of nitrogens with two attached hydrogens (primary N) is 1. The van der Waals surface area contributed by atoms with E-state index in [0.29, 0.717) is 4.99 Å². The zero-order valence-electron chi connectivity index (χ0n) is 6.24. The number of nitrogens with one attached hydrogen (secondary N) is 1. The van der Waals surface area contributed by atoms with Gasteiger partial charge in [0, 0.05) is 23.3 Å². The van der Waals surface area contributed by atoms with Gasteiger partial charge < -0.3 is 10.7 Å². The second-order valence-electron chi connectivity index (χ2n) is 2.46. The average molecular weight is 177 g/mol. The number of rotatable bonds is 1. The van der Waals surface area contributed by atoms with Crippen LogP contribution in [0.25, 0.3) is 11.0 Å². The summed E-state index contributed by atoms with van der Waals surface area (Å²) in [4.78, 5) is 7.51. The Labute approximate surface area is 74.6 Å². The molecule has 0 saturated heterocycles. The topological polar surface area (TPSA) is 54.7 Å². The lowest BCUT2D eigenvalue weighted by Gasteiger charge is -1.97. The van der Waals surface area contributed by atoms with Crippen molar-refractivity contribution < 1.29 is 0 Å². The van der Waals surface area contributed by atoms with Crippen LogP contribution in [0.2, 0.25) is 0 Å². The second kappa shape index (κ2) is 2.57. The van der Waals surface area contributed by atoms with Crippen LogP contribution >= 0.6 is 12.2 Å². The summed E-state index contributed by atoms with van der Waals surface area (Å²) >= 11 is 4.89. The molecule has 2 heterocycles. The third kappa shape index (κ3) is 0.967. The zero-order valence-corrected chi connectivity index (χ0v) is 7.06. The van der Waals surface area contributed by atoms with Crippen LogP contribution in [0.3, 0.4) is 0 Å². The minimum atomic E-state index is 0.405. The quantitative estimate of drug-likeness (QED) is 0.643. The fourth-order valence-corrected chi connectivity index (χ4v) is 1.35. The predicted octanol–water partition coefficient (Wildman–Crippen LogP) is 1.20. The van der Waals surface area contributed by atoms with Crippen molar-refractivity contribution >= 4 is 28.2 Å². The number of fused-ring (bicyclic) bond motifs is 1. The van der Waals surface area contributed by atoms with Crippen LogP contribution in [-0.2, 0) is 0 Å². The molecule has 60 valence electrons. The first-order valence-electron chi connectivity index (χ1n) is 3.51. The summed E-state index contributed by atoms with van der Waals surface area (Å²) in [6.45, 7) is 0. The first kappa shape index (κ1) is 7.24. The van der Waals surface area contributed by atoms with E-state index in [1.165, 1.54) is 0 Å². The van der Waals surface area contributed by atoms with Crippen molar-refractivity contribution in [3.8, 4) is 0 Å². The lowest BCUT2D eigenvalue weighted by Crippen LogP contribution is -2.09. The van der Waals surface area contributed by atoms with Crippen molar-refractivity contribution in [3.05, 3.63) is 30.1 Å². The van der Waals surface area contributed by atoms with Gasteiger partial charge in [-0.2, -0.15) is 0 Å². The summed E-state index contributed by atoms with van der Waals surface area (Å²) in [5, 5.41) is 0.977. The van der Waals surface area contributed by atoms with E-state index in [0.717, 1.165) is 16.6 Å². The molecular formula is C8H7N3S. The molecule has 0 bridgehead atoms. The monoisotopic (exact) mass is 177 g/mol. The van der Waals surface area contributed by atoms with Gasteiger partial charge in [-0.25, -0.2) is 4.98 Å². The molecule has 2 rings (SSSR count). The molecular weight excluding hydrogens is 170 g/mol. The van der Waals surface area contributed by atoms with Gasteiger partial charge in [-0.1, -0.05) is 12.2 Å². The maximum Gasteiger partial charge on any atom is 0.137 e. The Bertz CT molecular complexity index is 433. The average Bonchev–Trinajstić information content (AvgIpc) is 2.49. The van der Waals surface area contributed by atoms with Gasteiger partial charge in [0.25, 0.3) is 0 Å². The number of pyridine rings is 1. The van der Waals surface area contributed by atoms with Crippen LogP contribution in [-0.4, -0.2) is 15.0 Å². The normalized spacial score (nSPS) is 10.3. The molecule has 0 spiro atoms. The van der Waals surface area contributed by atoms with E-state index in [-0.39, 0.29) is 0 Å². The highest BCUT2D eigenvalue weighted by atomic mass is 32.1. The summed E-state index contributed by atoms with van der Waals surface area (Å²) in [7, 11) is 0. The van der Waals surface area contributed by atoms with Gasteiger partial charge in [0.05, 0.1) is 0 Å². The third-order valence-electron chi connectivity index (χ3n) is 1.73. The Kier molecular flexibility index (Phi) is 1.55. The van der Waals surface area contributed by atoms with Crippen LogP contribution in [0.1, 0.15) is 5.56 Å². The SMILES string of the molecule is NC(=S)c1ccnc2[nH]ccc12. The summed E-state index contributed by atoms with van der Waals surface area (Å²) in [6.07, 6.45) is 3.51. The summed E-state index contributed by atoms with van der Waals surface area (Å²) in [6, 6.07) is 3.73. The van der Waals surface area contributed by atoms with E-state index in [9.17, 15) is 0 Å². The molecule has 0 unspecified atom stereocenters. The largest absolute Gasteiger partial charge is 0.389 e. The van der Waals surface area contributed by atoms with Gasteiger partial charge in [-0.3, -0.25) is 0 Å². The lowest BCUT2D eigenvalue weighted by atomic mass is 10.2. The van der Waals surface area contributed by atoms with E-state index in [1.807, 2.05) is 18.3 Å². The molecule has 0 aliphatic rings. The molecule has 3 nitrogen and oxygen atoms in total. The number of nitrogens with zero attached hydrogens (tertiary/aromatic N) is 1. The molecule has 0 fully saturated rings. The standard InChI is InChI=1S/C8H7N3S/c9-7(12)5-1-3-10-8-6(5)2-4-11-8/h1-4H,(H2,9,12)(H,10,11). The first-order valence-corrected chi connectivity index (χ1v) is 3.92. The maximum atomic E-state index is 5.53. The van der Waals surface area contributed by atoms with Gasteiger partial charge in [-0.05, 0) is 12.1 Å². The fourth-order valence-electron chi connectivity index (χ4n) is 1.18. The molecule has 3 N–H and O–H groups in total. The van der Waals surface area contributed by atoms with E-state index in [2.05, 4.69) is 9.97 Å². The Hall–Kier alpha value is -1.42. The molecule has 2 aromatic heterocycles. The number of aromatic nitrogens is 2. The molecule has 0 radical (unpaired) electrons. The highest BCUT2D eigenvalue weighted by Crippen LogP contribution is 2.14. The van der Waals surface area contributed by atoms with Crippen LogP contribution in [0.4, 0.5) is 0 Å². The fraction of sp³-hybridized carbons (Fsp3) is 0. The van der Waals surface area contributed by atoms with Gasteiger partial charge in [0.1, 0.15) is 10.6 Å². The highest BCUT2D eigenvalue weighted by molar-refractivity contribution is 7.80. The zero-order chi connectivity index (χ0) is 8.55. The molecule has 0 aliphatic heterocycles. The minimum absolute atomic E-state index is 0.405. The van der Waals surface area contributed by atoms with Crippen LogP contribution < -0.4 is 5.73 Å². The summed E-state index contributed by atoms with van der Waals surface area (Å²) < 4.78 is 0. The maximum absolute atomic E-state index is 5.53. The molecule has 4 heteroatoms. The molecule has 12 heavy (non-hydrogen) atoms. The Morgan fingerprint density at radius 3 is 3.08 bits per heavy atom. The van der Waals surface area contributed by atoms with Crippen molar-refractivity contribution in [2.45, 2.75) is 0 Å². The Balaban J connectivity index is 2.82. The third-order valence-corrected chi connectivity index (χ3v) is 1.95. The molecule has 0 aromatic carbocycles. The van der Waals surface area contributed by atoms with E-state index in [1.54, 1.807) is 6.20 Å². The number of hydrogen-bond acceptors (Lipinski definition) is 2. The van der Waals surface area contributed by atoms with Crippen LogP contribution in [0, 0.1) is 0 Å². The highest BCUT2D eigenvalue weighted by Gasteiger charge is 2.03. The van der Waals surface area contributed by atoms with Crippen molar-refractivity contribution in [1.82, 2.24) is 9.97 Å². The van der Waals surface area contributed by atoms with Gasteiger partial charge in [0.15, 0.2) is 0 Å². The molecule has 0 amide bonds. The smallest absolute Gasteiger partial charge is 0.137 e. The number of thiocarbonyl (C=S) groups is 1. The molecule has 0 saturated carbocycles. The lowest BCUT2D eigenvalue weighted by molar-refractivity contribution is 1.32. The van der Waals surface area contributed by atoms with Crippen molar-refractivity contribution in [2.75, 3.05) is 0 Å². The Morgan fingerprint density at radius 2 is 2.33 bits per heavy atom. The number of hydrogen-bond donors (Lipinski definition) is 2. The Morgan fingerprint density at radius 1 is 1.50 bits per heavy atom. The van der Waals surface area contributed by atoms with E-state index < -0.39 is 0 Å². The molecule has 0 atom stereocenters. The predicted molar refractivity (Wildman–Crippen MR) is 52.0 cm³/mol. The number of aromatic amines is 1. The van der Waals surface area contributed by atoms with Gasteiger partial charge in [-0.15, -0.1) is 0 Å². The van der Waals surface area contributed by atoms with Crippen LogP contribution in [0.5, 0.6) is 0 Å². The minimum Gasteiger partial charge on any atom is -0.389 e. The van der Waals surface area contributed by atoms with Crippen molar-refractivity contribution in [2.24, 2.45) is 5.73 Å². The van der Waals surface area contributed by atoms with Crippen molar-refractivity contribution in [1.29, 1.82) is 0 Å². The summed E-state index contributed by atoms with van der Waals surface area (Å²) in [5.41, 5.74) is 7.22. The van der Waals surface area contributed by atoms with E-state index >= 15 is 0 Å². The van der Waals surface area contributed by atoms with Crippen LogP contribution in [0.15, 0.2) is 24.5 Å². The first-order chi connectivity index (χ1) is 5.79. The van der Waals surface area contributed by atoms with E-state index in [4.69, 9.17) is 18.0 Å². The summed E-state index contributed by atoms with van der Waals surface area (Å²) in [5.74, 6) is 0. The van der Waals surface area contributed by atoms with Gasteiger partial charge >= 0.3 is 0 Å². The number of H-pyrrole nitrogens is 1. The molecule has 0 aliphatic carbocycles. The molecule has 2 aromatic rings. The van der Waals surface area contributed by atoms with Crippen molar-refractivity contribution in [3.63, 3.8) is 0 Å².